The number of amides is 1. The summed E-state index contributed by atoms with van der Waals surface area (Å²) in [7, 11) is -2.52. The second-order valence-corrected chi connectivity index (χ2v) is 7.78. The Kier molecular flexibility index (Phi) is 6.54. The van der Waals surface area contributed by atoms with E-state index in [0.717, 1.165) is 0 Å². The second kappa shape index (κ2) is 8.65. The van der Waals surface area contributed by atoms with Crippen molar-refractivity contribution in [1.29, 1.82) is 0 Å². The fourth-order valence-corrected chi connectivity index (χ4v) is 3.75. The third-order valence-corrected chi connectivity index (χ3v) is 5.62. The largest absolute Gasteiger partial charge is 0.497 e. The molecule has 0 fully saturated rings. The first-order valence-electron chi connectivity index (χ1n) is 7.95. The van der Waals surface area contributed by atoms with Gasteiger partial charge in [0, 0.05) is 0 Å². The summed E-state index contributed by atoms with van der Waals surface area (Å²) in [5.74, 6) is -2.59. The van der Waals surface area contributed by atoms with Gasteiger partial charge in [-0.05, 0) is 29.8 Å². The van der Waals surface area contributed by atoms with Gasteiger partial charge >= 0.3 is 5.97 Å². The summed E-state index contributed by atoms with van der Waals surface area (Å²) < 4.78 is 29.9. The Balaban J connectivity index is 2.14. The molecular weight excluding hydrogens is 372 g/mol. The van der Waals surface area contributed by atoms with E-state index in [0.29, 0.717) is 11.3 Å². The number of rotatable bonds is 8. The summed E-state index contributed by atoms with van der Waals surface area (Å²) in [5, 5.41) is 11.5. The smallest absolute Gasteiger partial charge is 0.327 e. The molecule has 0 saturated carbocycles. The molecule has 2 rings (SSSR count). The highest BCUT2D eigenvalue weighted by Gasteiger charge is 2.30. The molecule has 27 heavy (non-hydrogen) atoms. The van der Waals surface area contributed by atoms with Gasteiger partial charge in [-0.2, -0.15) is 0 Å². The topological polar surface area (TPSA) is 136 Å². The molecule has 0 aliphatic carbocycles. The molecule has 2 unspecified atom stereocenters. The number of carbonyl (C=O) groups excluding carboxylic acids is 1. The molecule has 1 amide bonds. The summed E-state index contributed by atoms with van der Waals surface area (Å²) in [5.41, 5.74) is 6.31. The molecule has 9 heteroatoms. The number of hydrogen-bond acceptors (Lipinski definition) is 6. The summed E-state index contributed by atoms with van der Waals surface area (Å²) in [6.07, 6.45) is 0. The van der Waals surface area contributed by atoms with Gasteiger partial charge in [0.05, 0.1) is 17.8 Å². The van der Waals surface area contributed by atoms with Crippen molar-refractivity contribution in [2.75, 3.05) is 12.9 Å². The summed E-state index contributed by atoms with van der Waals surface area (Å²) in [4.78, 5) is 23.6. The van der Waals surface area contributed by atoms with Gasteiger partial charge in [-0.25, -0.2) is 13.2 Å². The number of carboxylic acid groups (broad SMARTS) is 1. The highest BCUT2D eigenvalue weighted by Crippen LogP contribution is 2.18. The quantitative estimate of drug-likeness (QED) is 0.603. The Morgan fingerprint density at radius 1 is 1.11 bits per heavy atom. The molecule has 8 nitrogen and oxygen atoms in total. The highest BCUT2D eigenvalue weighted by molar-refractivity contribution is 7.91. The Morgan fingerprint density at radius 3 is 2.22 bits per heavy atom. The number of aliphatic carboxylic acids is 1. The Labute approximate surface area is 156 Å². The van der Waals surface area contributed by atoms with Crippen LogP contribution in [-0.4, -0.2) is 44.3 Å². The van der Waals surface area contributed by atoms with E-state index in [1.54, 1.807) is 30.3 Å². The van der Waals surface area contributed by atoms with Crippen LogP contribution in [0.1, 0.15) is 11.6 Å². The Hall–Kier alpha value is -2.91. The van der Waals surface area contributed by atoms with Crippen LogP contribution < -0.4 is 15.8 Å². The number of carboxylic acids is 1. The lowest BCUT2D eigenvalue weighted by molar-refractivity contribution is -0.141. The molecule has 0 saturated heterocycles. The summed E-state index contributed by atoms with van der Waals surface area (Å²) >= 11 is 0. The van der Waals surface area contributed by atoms with Crippen LogP contribution in [0.5, 0.6) is 5.75 Å². The molecule has 144 valence electrons. The number of benzene rings is 2. The van der Waals surface area contributed by atoms with E-state index < -0.39 is 39.6 Å². The predicted octanol–water partition coefficient (Wildman–Crippen LogP) is 0.738. The maximum Gasteiger partial charge on any atom is 0.327 e. The van der Waals surface area contributed by atoms with Crippen molar-refractivity contribution in [2.24, 2.45) is 5.73 Å². The Bertz CT molecular complexity index is 897. The number of nitrogens with one attached hydrogen (secondary N) is 1. The van der Waals surface area contributed by atoms with Crippen molar-refractivity contribution in [3.8, 4) is 5.75 Å². The molecule has 0 spiro atoms. The Morgan fingerprint density at radius 2 is 1.70 bits per heavy atom. The van der Waals surface area contributed by atoms with Crippen molar-refractivity contribution >= 4 is 21.7 Å². The summed E-state index contributed by atoms with van der Waals surface area (Å²) in [6, 6.07) is 11.1. The van der Waals surface area contributed by atoms with Crippen molar-refractivity contribution in [3.63, 3.8) is 0 Å². The molecule has 0 aliphatic rings. The van der Waals surface area contributed by atoms with Crippen molar-refractivity contribution < 1.29 is 27.9 Å². The standard InChI is InChI=1S/C18H20N2O6S/c1-26-13-7-9-14(10-8-13)27(24,25)11-15(18(22)23)20-17(21)16(19)12-5-3-2-4-6-12/h2-10,15-16H,11,19H2,1H3,(H,20,21)(H,22,23). The first-order valence-corrected chi connectivity index (χ1v) is 9.60. The summed E-state index contributed by atoms with van der Waals surface area (Å²) in [6.45, 7) is 0. The van der Waals surface area contributed by atoms with Crippen LogP contribution in [0.2, 0.25) is 0 Å². The molecule has 4 N–H and O–H groups in total. The average Bonchev–Trinajstić information content (AvgIpc) is 2.67. The molecule has 0 bridgehead atoms. The van der Waals surface area contributed by atoms with Crippen LogP contribution in [-0.2, 0) is 19.4 Å². The third kappa shape index (κ3) is 5.28. The number of hydrogen-bond donors (Lipinski definition) is 3. The van der Waals surface area contributed by atoms with E-state index in [4.69, 9.17) is 10.5 Å². The predicted molar refractivity (Wildman–Crippen MR) is 98.0 cm³/mol. The van der Waals surface area contributed by atoms with Crippen molar-refractivity contribution in [2.45, 2.75) is 17.0 Å². The van der Waals surface area contributed by atoms with Crippen LogP contribution in [0.3, 0.4) is 0 Å². The van der Waals surface area contributed by atoms with Gasteiger partial charge in [-0.1, -0.05) is 30.3 Å². The van der Waals surface area contributed by atoms with E-state index >= 15 is 0 Å². The van der Waals surface area contributed by atoms with Gasteiger partial charge in [-0.3, -0.25) is 4.79 Å². The van der Waals surface area contributed by atoms with E-state index in [2.05, 4.69) is 5.32 Å². The molecule has 0 aliphatic heterocycles. The number of methoxy groups -OCH3 is 1. The molecule has 0 radical (unpaired) electrons. The first kappa shape index (κ1) is 20.4. The molecule has 2 aromatic carbocycles. The average molecular weight is 392 g/mol. The zero-order valence-corrected chi connectivity index (χ0v) is 15.3. The maximum absolute atomic E-state index is 12.5. The lowest BCUT2D eigenvalue weighted by Gasteiger charge is -2.18. The van der Waals surface area contributed by atoms with Gasteiger partial charge < -0.3 is 20.9 Å². The number of nitrogens with two attached hydrogens (primary N) is 1. The molecule has 2 aromatic rings. The molecular formula is C18H20N2O6S. The van der Waals surface area contributed by atoms with Crippen LogP contribution in [0, 0.1) is 0 Å². The van der Waals surface area contributed by atoms with Crippen molar-refractivity contribution in [3.05, 3.63) is 60.2 Å². The van der Waals surface area contributed by atoms with Crippen molar-refractivity contribution in [1.82, 2.24) is 5.32 Å². The number of sulfone groups is 1. The third-order valence-electron chi connectivity index (χ3n) is 3.86. The van der Waals surface area contributed by atoms with Crippen LogP contribution >= 0.6 is 0 Å². The zero-order valence-electron chi connectivity index (χ0n) is 14.5. The molecule has 0 heterocycles. The maximum atomic E-state index is 12.5. The van der Waals surface area contributed by atoms with E-state index in [1.165, 1.54) is 31.4 Å². The van der Waals surface area contributed by atoms with E-state index in [9.17, 15) is 23.1 Å². The highest BCUT2D eigenvalue weighted by atomic mass is 32.2. The molecule has 0 aromatic heterocycles. The fourth-order valence-electron chi connectivity index (χ4n) is 2.35. The SMILES string of the molecule is COc1ccc(S(=O)(=O)CC(NC(=O)C(N)c2ccccc2)C(=O)O)cc1. The zero-order chi connectivity index (χ0) is 20.0. The first-order chi connectivity index (χ1) is 12.7. The van der Waals surface area contributed by atoms with Gasteiger partial charge in [-0.15, -0.1) is 0 Å². The number of carbonyl (C=O) groups is 2. The van der Waals surface area contributed by atoms with Crippen LogP contribution in [0.4, 0.5) is 0 Å². The minimum atomic E-state index is -3.96. The van der Waals surface area contributed by atoms with Gasteiger partial charge in [0.2, 0.25) is 5.91 Å². The monoisotopic (exact) mass is 392 g/mol. The van der Waals surface area contributed by atoms with Crippen LogP contribution in [0.15, 0.2) is 59.5 Å². The van der Waals surface area contributed by atoms with E-state index in [-0.39, 0.29) is 4.90 Å². The van der Waals surface area contributed by atoms with Gasteiger partial charge in [0.1, 0.15) is 17.8 Å². The van der Waals surface area contributed by atoms with Gasteiger partial charge in [0.15, 0.2) is 9.84 Å². The lowest BCUT2D eigenvalue weighted by atomic mass is 10.1. The van der Waals surface area contributed by atoms with Crippen LogP contribution in [0.25, 0.3) is 0 Å². The fraction of sp³-hybridized carbons (Fsp3) is 0.222. The van der Waals surface area contributed by atoms with E-state index in [1.807, 2.05) is 0 Å². The second-order valence-electron chi connectivity index (χ2n) is 5.74. The number of ether oxygens (including phenoxy) is 1. The van der Waals surface area contributed by atoms with Gasteiger partial charge in [0.25, 0.3) is 0 Å². The molecule has 2 atom stereocenters. The normalized spacial score (nSPS) is 13.4. The minimum absolute atomic E-state index is 0.0730. The minimum Gasteiger partial charge on any atom is -0.497 e. The lowest BCUT2D eigenvalue weighted by Crippen LogP contribution is -2.48.